The molecule has 9 heavy (non-hydrogen) atoms. The van der Waals surface area contributed by atoms with Crippen molar-refractivity contribution < 1.29 is 0 Å². The number of aryl methyl sites for hydroxylation is 1. The summed E-state index contributed by atoms with van der Waals surface area (Å²) in [6.45, 7) is 2.03. The second-order valence-corrected chi connectivity index (χ2v) is 3.49. The van der Waals surface area contributed by atoms with Crippen molar-refractivity contribution >= 4 is 34.2 Å². The molecule has 0 radical (unpaired) electrons. The molecule has 0 N–H and O–H groups in total. The molecule has 0 fully saturated rings. The molecule has 1 aromatic carbocycles. The largest absolute Gasteiger partial charge is 0.0832 e. The Morgan fingerprint density at radius 1 is 1.44 bits per heavy atom. The minimum atomic E-state index is 0.843. The van der Waals surface area contributed by atoms with Gasteiger partial charge in [0.25, 0.3) is 0 Å². The van der Waals surface area contributed by atoms with E-state index in [0.29, 0.717) is 0 Å². The van der Waals surface area contributed by atoms with E-state index in [9.17, 15) is 0 Å². The van der Waals surface area contributed by atoms with Gasteiger partial charge in [0, 0.05) is 3.57 Å². The maximum Gasteiger partial charge on any atom is 0.0542 e. The lowest BCUT2D eigenvalue weighted by molar-refractivity contribution is 1.46. The first kappa shape index (κ1) is 7.35. The van der Waals surface area contributed by atoms with Crippen LogP contribution in [0.2, 0.25) is 5.02 Å². The van der Waals surface area contributed by atoms with Gasteiger partial charge in [0.15, 0.2) is 0 Å². The monoisotopic (exact) mass is 252 g/mol. The Balaban J connectivity index is 3.17. The van der Waals surface area contributed by atoms with E-state index < -0.39 is 0 Å². The van der Waals surface area contributed by atoms with Crippen LogP contribution < -0.4 is 0 Å². The molecule has 2 heteroatoms. The van der Waals surface area contributed by atoms with Crippen LogP contribution in [0, 0.1) is 10.5 Å². The number of rotatable bonds is 0. The summed E-state index contributed by atoms with van der Waals surface area (Å²) >= 11 is 8.02. The lowest BCUT2D eigenvalue weighted by Crippen LogP contribution is -1.74. The topological polar surface area (TPSA) is 0 Å². The van der Waals surface area contributed by atoms with E-state index in [2.05, 4.69) is 22.6 Å². The average molecular weight is 252 g/mol. The van der Waals surface area contributed by atoms with E-state index in [1.807, 2.05) is 25.1 Å². The van der Waals surface area contributed by atoms with E-state index in [4.69, 9.17) is 11.6 Å². The van der Waals surface area contributed by atoms with Gasteiger partial charge >= 0.3 is 0 Å². The summed E-state index contributed by atoms with van der Waals surface area (Å²) in [6.07, 6.45) is 0. The van der Waals surface area contributed by atoms with Crippen LogP contribution in [-0.2, 0) is 0 Å². The lowest BCUT2D eigenvalue weighted by atomic mass is 10.2. The van der Waals surface area contributed by atoms with Crippen molar-refractivity contribution in [2.75, 3.05) is 0 Å². The summed E-state index contributed by atoms with van der Waals surface area (Å²) in [7, 11) is 0. The first-order valence-corrected chi connectivity index (χ1v) is 4.07. The number of hydrogen-bond acceptors (Lipinski definition) is 0. The fourth-order valence-corrected chi connectivity index (χ4v) is 1.17. The Morgan fingerprint density at radius 3 is 2.56 bits per heavy atom. The first-order valence-electron chi connectivity index (χ1n) is 2.62. The molecule has 0 aliphatic heterocycles. The molecule has 1 rings (SSSR count). The SMILES string of the molecule is Cc1ccc(I)c(Cl)c1. The van der Waals surface area contributed by atoms with Crippen molar-refractivity contribution in [3.63, 3.8) is 0 Å². The normalized spacial score (nSPS) is 9.67. The van der Waals surface area contributed by atoms with Crippen LogP contribution in [0.25, 0.3) is 0 Å². The molecule has 48 valence electrons. The third-order valence-electron chi connectivity index (χ3n) is 1.08. The van der Waals surface area contributed by atoms with Crippen LogP contribution in [0.4, 0.5) is 0 Å². The van der Waals surface area contributed by atoms with Crippen LogP contribution in [0.5, 0.6) is 0 Å². The molecular formula is C7H6ClI. The van der Waals surface area contributed by atoms with E-state index in [1.165, 1.54) is 5.56 Å². The van der Waals surface area contributed by atoms with Crippen LogP contribution in [0.3, 0.4) is 0 Å². The van der Waals surface area contributed by atoms with Crippen LogP contribution in [0.1, 0.15) is 5.56 Å². The molecule has 0 amide bonds. The predicted molar refractivity (Wildman–Crippen MR) is 48.9 cm³/mol. The summed E-state index contributed by atoms with van der Waals surface area (Å²) in [5.41, 5.74) is 1.21. The highest BCUT2D eigenvalue weighted by atomic mass is 127. The zero-order valence-corrected chi connectivity index (χ0v) is 7.90. The van der Waals surface area contributed by atoms with Crippen molar-refractivity contribution in [2.45, 2.75) is 6.92 Å². The van der Waals surface area contributed by atoms with Gasteiger partial charge in [0.05, 0.1) is 5.02 Å². The van der Waals surface area contributed by atoms with Gasteiger partial charge in [-0.15, -0.1) is 0 Å². The zero-order chi connectivity index (χ0) is 6.85. The standard InChI is InChI=1S/C7H6ClI/c1-5-2-3-7(9)6(8)4-5/h2-4H,1H3. The fourth-order valence-electron chi connectivity index (χ4n) is 0.601. The quantitative estimate of drug-likeness (QED) is 0.622. The second kappa shape index (κ2) is 2.88. The molecule has 0 aliphatic carbocycles. The molecule has 0 heterocycles. The Bertz CT molecular complexity index is 220. The molecule has 0 saturated heterocycles. The Kier molecular flexibility index (Phi) is 2.35. The fraction of sp³-hybridized carbons (Fsp3) is 0.143. The number of hydrogen-bond donors (Lipinski definition) is 0. The van der Waals surface area contributed by atoms with Crippen LogP contribution in [-0.4, -0.2) is 0 Å². The zero-order valence-electron chi connectivity index (χ0n) is 4.99. The molecular weight excluding hydrogens is 246 g/mol. The summed E-state index contributed by atoms with van der Waals surface area (Å²) in [6, 6.07) is 6.02. The van der Waals surface area contributed by atoms with Gasteiger partial charge < -0.3 is 0 Å². The lowest BCUT2D eigenvalue weighted by Gasteiger charge is -1.94. The van der Waals surface area contributed by atoms with Gasteiger partial charge in [-0.05, 0) is 47.2 Å². The second-order valence-electron chi connectivity index (χ2n) is 1.92. The van der Waals surface area contributed by atoms with Gasteiger partial charge in [-0.2, -0.15) is 0 Å². The van der Waals surface area contributed by atoms with Gasteiger partial charge in [-0.3, -0.25) is 0 Å². The van der Waals surface area contributed by atoms with Crippen LogP contribution >= 0.6 is 34.2 Å². The van der Waals surface area contributed by atoms with Gasteiger partial charge in [-0.25, -0.2) is 0 Å². The summed E-state index contributed by atoms with van der Waals surface area (Å²) in [5, 5.41) is 0.843. The number of halogens is 2. The maximum atomic E-state index is 5.81. The number of benzene rings is 1. The highest BCUT2D eigenvalue weighted by Gasteiger charge is 1.93. The van der Waals surface area contributed by atoms with E-state index in [0.717, 1.165) is 8.59 Å². The molecule has 0 nitrogen and oxygen atoms in total. The van der Waals surface area contributed by atoms with Gasteiger partial charge in [0.2, 0.25) is 0 Å². The molecule has 1 aromatic rings. The predicted octanol–water partition coefficient (Wildman–Crippen LogP) is 3.25. The van der Waals surface area contributed by atoms with Crippen molar-refractivity contribution in [2.24, 2.45) is 0 Å². The molecule has 0 aliphatic rings. The summed E-state index contributed by atoms with van der Waals surface area (Å²) in [4.78, 5) is 0. The highest BCUT2D eigenvalue weighted by molar-refractivity contribution is 14.1. The first-order chi connectivity index (χ1) is 4.20. The van der Waals surface area contributed by atoms with Crippen molar-refractivity contribution in [1.82, 2.24) is 0 Å². The molecule has 0 spiro atoms. The minimum Gasteiger partial charge on any atom is -0.0832 e. The third-order valence-corrected chi connectivity index (χ3v) is 2.65. The van der Waals surface area contributed by atoms with Gasteiger partial charge in [-0.1, -0.05) is 17.7 Å². The Morgan fingerprint density at radius 2 is 2.11 bits per heavy atom. The molecule has 0 aromatic heterocycles. The smallest absolute Gasteiger partial charge is 0.0542 e. The summed E-state index contributed by atoms with van der Waals surface area (Å²) in [5.74, 6) is 0. The molecule has 0 atom stereocenters. The molecule has 0 bridgehead atoms. The van der Waals surface area contributed by atoms with E-state index in [-0.39, 0.29) is 0 Å². The molecule has 0 unspecified atom stereocenters. The average Bonchev–Trinajstić information content (AvgIpc) is 1.80. The van der Waals surface area contributed by atoms with Crippen molar-refractivity contribution in [3.8, 4) is 0 Å². The summed E-state index contributed by atoms with van der Waals surface area (Å²) < 4.78 is 1.11. The minimum absolute atomic E-state index is 0.843. The Hall–Kier alpha value is 0.240. The van der Waals surface area contributed by atoms with Crippen molar-refractivity contribution in [3.05, 3.63) is 32.4 Å². The maximum absolute atomic E-state index is 5.81. The van der Waals surface area contributed by atoms with Crippen LogP contribution in [0.15, 0.2) is 18.2 Å². The molecule has 0 saturated carbocycles. The Labute approximate surface area is 73.4 Å². The van der Waals surface area contributed by atoms with Gasteiger partial charge in [0.1, 0.15) is 0 Å². The van der Waals surface area contributed by atoms with Crippen molar-refractivity contribution in [1.29, 1.82) is 0 Å². The third kappa shape index (κ3) is 1.83. The van der Waals surface area contributed by atoms with E-state index >= 15 is 0 Å². The highest BCUT2D eigenvalue weighted by Crippen LogP contribution is 2.18. The van der Waals surface area contributed by atoms with E-state index in [1.54, 1.807) is 0 Å².